The van der Waals surface area contributed by atoms with E-state index in [4.69, 9.17) is 9.47 Å². The van der Waals surface area contributed by atoms with Gasteiger partial charge < -0.3 is 20.1 Å². The third-order valence-corrected chi connectivity index (χ3v) is 4.20. The van der Waals surface area contributed by atoms with Gasteiger partial charge in [-0.05, 0) is 46.5 Å². The molecule has 4 unspecified atom stereocenters. The van der Waals surface area contributed by atoms with Crippen molar-refractivity contribution in [3.8, 4) is 0 Å². The molecule has 6 nitrogen and oxygen atoms in total. The van der Waals surface area contributed by atoms with Crippen molar-refractivity contribution in [1.29, 1.82) is 0 Å². The van der Waals surface area contributed by atoms with Gasteiger partial charge in [0.25, 0.3) is 0 Å². The highest BCUT2D eigenvalue weighted by Crippen LogP contribution is 2.33. The number of piperidine rings is 1. The third-order valence-electron chi connectivity index (χ3n) is 4.20. The Morgan fingerprint density at radius 1 is 1.19 bits per heavy atom. The van der Waals surface area contributed by atoms with E-state index in [0.717, 1.165) is 25.7 Å². The normalized spacial score (nSPS) is 29.6. The minimum Gasteiger partial charge on any atom is -0.467 e. The van der Waals surface area contributed by atoms with Crippen molar-refractivity contribution in [2.75, 3.05) is 7.11 Å². The van der Waals surface area contributed by atoms with E-state index in [-0.39, 0.29) is 12.0 Å². The van der Waals surface area contributed by atoms with Gasteiger partial charge in [0.05, 0.1) is 7.11 Å². The van der Waals surface area contributed by atoms with E-state index in [1.165, 1.54) is 7.11 Å². The van der Waals surface area contributed by atoms with Crippen molar-refractivity contribution in [1.82, 2.24) is 10.6 Å². The fraction of sp³-hybridized carbons (Fsp3) is 0.867. The van der Waals surface area contributed by atoms with Crippen LogP contribution in [-0.4, -0.2) is 42.9 Å². The Hall–Kier alpha value is -1.30. The maximum atomic E-state index is 12.1. The molecule has 2 fully saturated rings. The number of hydrogen-bond donors (Lipinski definition) is 2. The molecule has 2 heterocycles. The number of nitrogens with one attached hydrogen (secondary N) is 2. The van der Waals surface area contributed by atoms with Crippen LogP contribution < -0.4 is 10.6 Å². The molecule has 2 N–H and O–H groups in total. The number of esters is 1. The average Bonchev–Trinajstić information content (AvgIpc) is 2.76. The molecule has 0 aliphatic carbocycles. The third kappa shape index (κ3) is 4.09. The fourth-order valence-electron chi connectivity index (χ4n) is 3.31. The zero-order valence-electron chi connectivity index (χ0n) is 13.3. The lowest BCUT2D eigenvalue weighted by Gasteiger charge is -2.35. The van der Waals surface area contributed by atoms with Crippen molar-refractivity contribution in [2.45, 2.75) is 70.2 Å². The standard InChI is InChI=1S/C15H26N2O4/c1-15(2,3)21-14(19)17-12(13(18)20-4)10-7-5-9-6-8-11(10)16-9/h9-12,16H,5-8H2,1-4H3,(H,17,19). The van der Waals surface area contributed by atoms with E-state index in [2.05, 4.69) is 10.6 Å². The summed E-state index contributed by atoms with van der Waals surface area (Å²) in [5.41, 5.74) is -0.589. The molecule has 2 bridgehead atoms. The van der Waals surface area contributed by atoms with Crippen LogP contribution in [0.4, 0.5) is 4.79 Å². The summed E-state index contributed by atoms with van der Waals surface area (Å²) in [7, 11) is 1.35. The van der Waals surface area contributed by atoms with Crippen LogP contribution in [-0.2, 0) is 14.3 Å². The maximum absolute atomic E-state index is 12.1. The van der Waals surface area contributed by atoms with Gasteiger partial charge in [0, 0.05) is 18.0 Å². The van der Waals surface area contributed by atoms with E-state index < -0.39 is 23.7 Å². The molecule has 0 spiro atoms. The molecule has 2 saturated heterocycles. The number of carbonyl (C=O) groups excluding carboxylic acids is 2. The summed E-state index contributed by atoms with van der Waals surface area (Å²) in [4.78, 5) is 24.0. The number of methoxy groups -OCH3 is 1. The van der Waals surface area contributed by atoms with E-state index in [9.17, 15) is 9.59 Å². The number of alkyl carbamates (subject to hydrolysis) is 1. The molecule has 2 aliphatic rings. The summed E-state index contributed by atoms with van der Waals surface area (Å²) in [6, 6.07) is 0.176. The Labute approximate surface area is 125 Å². The van der Waals surface area contributed by atoms with Gasteiger partial charge in [0.2, 0.25) is 0 Å². The van der Waals surface area contributed by atoms with Gasteiger partial charge in [0.1, 0.15) is 11.6 Å². The van der Waals surface area contributed by atoms with E-state index in [1.807, 2.05) is 0 Å². The minimum atomic E-state index is -0.651. The predicted octanol–water partition coefficient (Wildman–Crippen LogP) is 1.58. The van der Waals surface area contributed by atoms with Crippen LogP contribution in [0.5, 0.6) is 0 Å². The van der Waals surface area contributed by atoms with Gasteiger partial charge in [-0.2, -0.15) is 0 Å². The van der Waals surface area contributed by atoms with Gasteiger partial charge in [0.15, 0.2) is 0 Å². The summed E-state index contributed by atoms with van der Waals surface area (Å²) in [5, 5.41) is 6.22. The number of ether oxygens (including phenoxy) is 2. The molecule has 21 heavy (non-hydrogen) atoms. The van der Waals surface area contributed by atoms with Crippen LogP contribution in [0.15, 0.2) is 0 Å². The minimum absolute atomic E-state index is 0.0590. The monoisotopic (exact) mass is 298 g/mol. The van der Waals surface area contributed by atoms with Gasteiger partial charge in [-0.15, -0.1) is 0 Å². The van der Waals surface area contributed by atoms with Crippen LogP contribution in [0, 0.1) is 5.92 Å². The smallest absolute Gasteiger partial charge is 0.408 e. The van der Waals surface area contributed by atoms with E-state index in [1.54, 1.807) is 20.8 Å². The molecule has 120 valence electrons. The van der Waals surface area contributed by atoms with Gasteiger partial charge in [-0.25, -0.2) is 9.59 Å². The fourth-order valence-corrected chi connectivity index (χ4v) is 3.31. The predicted molar refractivity (Wildman–Crippen MR) is 77.8 cm³/mol. The topological polar surface area (TPSA) is 76.7 Å². The number of carbonyl (C=O) groups is 2. The molecule has 2 aliphatic heterocycles. The SMILES string of the molecule is COC(=O)C(NC(=O)OC(C)(C)C)C1CCC2CCC1N2. The zero-order valence-corrected chi connectivity index (χ0v) is 13.3. The first kappa shape index (κ1) is 16.1. The molecule has 2 rings (SSSR count). The van der Waals surface area contributed by atoms with Gasteiger partial charge in [-0.3, -0.25) is 0 Å². The summed E-state index contributed by atoms with van der Waals surface area (Å²) in [6.45, 7) is 5.39. The molecule has 0 aromatic rings. The highest BCUT2D eigenvalue weighted by molar-refractivity contribution is 5.81. The Balaban J connectivity index is 2.04. The average molecular weight is 298 g/mol. The molecule has 0 aromatic heterocycles. The quantitative estimate of drug-likeness (QED) is 0.774. The Kier molecular flexibility index (Phi) is 4.76. The molecule has 0 saturated carbocycles. The van der Waals surface area contributed by atoms with Crippen LogP contribution in [0.2, 0.25) is 0 Å². The molecule has 4 atom stereocenters. The highest BCUT2D eigenvalue weighted by Gasteiger charge is 2.43. The second-order valence-electron chi connectivity index (χ2n) is 6.94. The molecular formula is C15H26N2O4. The van der Waals surface area contributed by atoms with Crippen molar-refractivity contribution in [3.63, 3.8) is 0 Å². The number of rotatable bonds is 3. The summed E-state index contributed by atoms with van der Waals surface area (Å²) < 4.78 is 10.1. The molecule has 0 aromatic carbocycles. The first-order chi connectivity index (χ1) is 9.80. The lowest BCUT2D eigenvalue weighted by Crippen LogP contribution is -2.55. The Morgan fingerprint density at radius 2 is 1.86 bits per heavy atom. The number of fused-ring (bicyclic) bond motifs is 2. The van der Waals surface area contributed by atoms with Crippen LogP contribution in [0.3, 0.4) is 0 Å². The molecular weight excluding hydrogens is 272 g/mol. The van der Waals surface area contributed by atoms with E-state index >= 15 is 0 Å². The van der Waals surface area contributed by atoms with Crippen molar-refractivity contribution < 1.29 is 19.1 Å². The maximum Gasteiger partial charge on any atom is 0.408 e. The molecule has 6 heteroatoms. The van der Waals surface area contributed by atoms with Gasteiger partial charge >= 0.3 is 12.1 Å². The number of hydrogen-bond acceptors (Lipinski definition) is 5. The zero-order chi connectivity index (χ0) is 15.6. The van der Waals surface area contributed by atoms with Crippen molar-refractivity contribution >= 4 is 12.1 Å². The van der Waals surface area contributed by atoms with Crippen LogP contribution in [0.25, 0.3) is 0 Å². The van der Waals surface area contributed by atoms with Gasteiger partial charge in [-0.1, -0.05) is 0 Å². The lowest BCUT2D eigenvalue weighted by molar-refractivity contribution is -0.145. The summed E-state index contributed by atoms with van der Waals surface area (Å²) in [5.74, 6) is -0.346. The second-order valence-corrected chi connectivity index (χ2v) is 6.94. The van der Waals surface area contributed by atoms with Crippen molar-refractivity contribution in [2.24, 2.45) is 5.92 Å². The van der Waals surface area contributed by atoms with Crippen LogP contribution in [0.1, 0.15) is 46.5 Å². The van der Waals surface area contributed by atoms with E-state index in [0.29, 0.717) is 6.04 Å². The largest absolute Gasteiger partial charge is 0.467 e. The van der Waals surface area contributed by atoms with Crippen LogP contribution >= 0.6 is 0 Å². The Morgan fingerprint density at radius 3 is 2.48 bits per heavy atom. The number of amides is 1. The first-order valence-electron chi connectivity index (χ1n) is 7.63. The van der Waals surface area contributed by atoms with Crippen molar-refractivity contribution in [3.05, 3.63) is 0 Å². The highest BCUT2D eigenvalue weighted by atomic mass is 16.6. The summed E-state index contributed by atoms with van der Waals surface area (Å²) >= 11 is 0. The lowest BCUT2D eigenvalue weighted by atomic mass is 9.85. The first-order valence-corrected chi connectivity index (χ1v) is 7.63. The second kappa shape index (κ2) is 6.22. The Bertz CT molecular complexity index is 405. The molecule has 0 radical (unpaired) electrons. The summed E-state index contributed by atoms with van der Waals surface area (Å²) in [6.07, 6.45) is 3.56. The molecule has 1 amide bonds.